The second-order valence-electron chi connectivity index (χ2n) is 6.14. The van der Waals surface area contributed by atoms with E-state index in [1.165, 1.54) is 10.4 Å². The van der Waals surface area contributed by atoms with Crippen LogP contribution in [0.1, 0.15) is 19.8 Å². The molecule has 0 aromatic heterocycles. The first-order chi connectivity index (χ1) is 11.7. The van der Waals surface area contributed by atoms with Gasteiger partial charge < -0.3 is 5.32 Å². The molecule has 2 N–H and O–H groups in total. The zero-order valence-electron chi connectivity index (χ0n) is 14.7. The standard InChI is InChI=1S/C15H24FN3O4S2.ClH/c1-3-8-24(20,21)18-15-5-4-13(9-14(15)16)25(22,23)19-7-6-12(11-19)10-17-2;/h4-5,9,12,17-18H,3,6-8,10-11H2,1-2H3;1H. The Labute approximate surface area is 160 Å². The summed E-state index contributed by atoms with van der Waals surface area (Å²) in [4.78, 5) is -0.173. The van der Waals surface area contributed by atoms with Crippen molar-refractivity contribution in [3.05, 3.63) is 24.0 Å². The molecule has 150 valence electrons. The number of halogens is 2. The Hall–Kier alpha value is -0.940. The summed E-state index contributed by atoms with van der Waals surface area (Å²) in [6.45, 7) is 3.19. The molecule has 26 heavy (non-hydrogen) atoms. The third-order valence-electron chi connectivity index (χ3n) is 4.06. The Morgan fingerprint density at radius 1 is 1.27 bits per heavy atom. The SMILES string of the molecule is CCCS(=O)(=O)Nc1ccc(S(=O)(=O)N2CCC(CNC)C2)cc1F.Cl. The number of hydrogen-bond acceptors (Lipinski definition) is 5. The van der Waals surface area contributed by atoms with Crippen molar-refractivity contribution in [3.8, 4) is 0 Å². The maximum Gasteiger partial charge on any atom is 0.243 e. The molecule has 11 heteroatoms. The Bertz CT molecular complexity index is 818. The maximum absolute atomic E-state index is 14.2. The van der Waals surface area contributed by atoms with Crippen LogP contribution in [-0.2, 0) is 20.0 Å². The fourth-order valence-corrected chi connectivity index (χ4v) is 5.53. The predicted octanol–water partition coefficient (Wildman–Crippen LogP) is 1.63. The molecule has 2 rings (SSSR count). The minimum atomic E-state index is -3.79. The molecule has 1 aliphatic rings. The van der Waals surface area contributed by atoms with Crippen molar-refractivity contribution in [3.63, 3.8) is 0 Å². The van der Waals surface area contributed by atoms with Crippen molar-refractivity contribution in [1.29, 1.82) is 0 Å². The molecule has 0 spiro atoms. The minimum Gasteiger partial charge on any atom is -0.319 e. The molecule has 1 aliphatic heterocycles. The summed E-state index contributed by atoms with van der Waals surface area (Å²) in [7, 11) is -5.63. The molecule has 1 heterocycles. The highest BCUT2D eigenvalue weighted by molar-refractivity contribution is 7.92. The molecule has 1 fully saturated rings. The molecule has 0 radical (unpaired) electrons. The van der Waals surface area contributed by atoms with Crippen molar-refractivity contribution < 1.29 is 21.2 Å². The summed E-state index contributed by atoms with van der Waals surface area (Å²) < 4.78 is 66.4. The van der Waals surface area contributed by atoms with Gasteiger partial charge in [-0.2, -0.15) is 4.31 Å². The third kappa shape index (κ3) is 5.53. The van der Waals surface area contributed by atoms with Crippen LogP contribution in [0.15, 0.2) is 23.1 Å². The Kier molecular flexibility index (Phi) is 8.28. The van der Waals surface area contributed by atoms with Crippen LogP contribution < -0.4 is 10.0 Å². The largest absolute Gasteiger partial charge is 0.319 e. The van der Waals surface area contributed by atoms with Gasteiger partial charge in [0.1, 0.15) is 5.82 Å². The van der Waals surface area contributed by atoms with Gasteiger partial charge in [0.25, 0.3) is 0 Å². The van der Waals surface area contributed by atoms with Crippen LogP contribution >= 0.6 is 12.4 Å². The van der Waals surface area contributed by atoms with E-state index >= 15 is 0 Å². The zero-order valence-corrected chi connectivity index (χ0v) is 17.2. The Morgan fingerprint density at radius 2 is 1.96 bits per heavy atom. The molecule has 0 saturated carbocycles. The van der Waals surface area contributed by atoms with Gasteiger partial charge in [-0.05, 0) is 50.6 Å². The van der Waals surface area contributed by atoms with E-state index in [2.05, 4.69) is 10.0 Å². The van der Waals surface area contributed by atoms with Crippen LogP contribution in [0.3, 0.4) is 0 Å². The Balaban J connectivity index is 0.00000338. The second kappa shape index (κ2) is 9.32. The van der Waals surface area contributed by atoms with Crippen LogP contribution in [0.2, 0.25) is 0 Å². The first-order valence-electron chi connectivity index (χ1n) is 8.14. The van der Waals surface area contributed by atoms with Gasteiger partial charge in [-0.1, -0.05) is 6.92 Å². The highest BCUT2D eigenvalue weighted by atomic mass is 35.5. The van der Waals surface area contributed by atoms with E-state index in [0.717, 1.165) is 25.1 Å². The van der Waals surface area contributed by atoms with Gasteiger partial charge >= 0.3 is 0 Å². The van der Waals surface area contributed by atoms with Gasteiger partial charge in [0, 0.05) is 13.1 Å². The summed E-state index contributed by atoms with van der Waals surface area (Å²) in [6.07, 6.45) is 1.14. The van der Waals surface area contributed by atoms with Gasteiger partial charge in [0.2, 0.25) is 20.0 Å². The molecular formula is C15H25ClFN3O4S2. The number of rotatable bonds is 8. The highest BCUT2D eigenvalue weighted by Gasteiger charge is 2.32. The molecule has 1 unspecified atom stereocenters. The minimum absolute atomic E-state index is 0. The van der Waals surface area contributed by atoms with E-state index in [9.17, 15) is 21.2 Å². The lowest BCUT2D eigenvalue weighted by molar-refractivity contribution is 0.450. The topological polar surface area (TPSA) is 95.6 Å². The summed E-state index contributed by atoms with van der Waals surface area (Å²) in [6, 6.07) is 3.24. The third-order valence-corrected chi connectivity index (χ3v) is 7.40. The molecule has 1 aromatic rings. The molecule has 1 saturated heterocycles. The average molecular weight is 430 g/mol. The van der Waals surface area contributed by atoms with Gasteiger partial charge in [-0.3, -0.25) is 4.72 Å². The molecule has 0 amide bonds. The summed E-state index contributed by atoms with van der Waals surface area (Å²) in [5.74, 6) is -0.816. The molecule has 1 aromatic carbocycles. The average Bonchev–Trinajstić information content (AvgIpc) is 2.99. The summed E-state index contributed by atoms with van der Waals surface area (Å²) in [5.41, 5.74) is -0.248. The highest BCUT2D eigenvalue weighted by Crippen LogP contribution is 2.26. The summed E-state index contributed by atoms with van der Waals surface area (Å²) in [5, 5.41) is 3.02. The summed E-state index contributed by atoms with van der Waals surface area (Å²) >= 11 is 0. The number of anilines is 1. The fourth-order valence-electron chi connectivity index (χ4n) is 2.85. The van der Waals surface area contributed by atoms with Crippen LogP contribution in [0.5, 0.6) is 0 Å². The first-order valence-corrected chi connectivity index (χ1v) is 11.2. The lowest BCUT2D eigenvalue weighted by Crippen LogP contribution is -2.30. The lowest BCUT2D eigenvalue weighted by atomic mass is 10.1. The molecule has 0 aliphatic carbocycles. The van der Waals surface area contributed by atoms with Crippen LogP contribution in [0.25, 0.3) is 0 Å². The van der Waals surface area contributed by atoms with Crippen molar-refractivity contribution >= 4 is 38.1 Å². The van der Waals surface area contributed by atoms with Crippen molar-refractivity contribution in [2.24, 2.45) is 5.92 Å². The van der Waals surface area contributed by atoms with E-state index in [1.807, 2.05) is 7.05 Å². The van der Waals surface area contributed by atoms with Crippen molar-refractivity contribution in [2.45, 2.75) is 24.7 Å². The monoisotopic (exact) mass is 429 g/mol. The van der Waals surface area contributed by atoms with Crippen LogP contribution in [0.4, 0.5) is 10.1 Å². The lowest BCUT2D eigenvalue weighted by Gasteiger charge is -2.17. The predicted molar refractivity (Wildman–Crippen MR) is 102 cm³/mol. The van der Waals surface area contributed by atoms with E-state index < -0.39 is 25.9 Å². The second-order valence-corrected chi connectivity index (χ2v) is 9.92. The Morgan fingerprint density at radius 3 is 2.54 bits per heavy atom. The quantitative estimate of drug-likeness (QED) is 0.654. The number of nitrogens with zero attached hydrogens (tertiary/aromatic N) is 1. The van der Waals surface area contributed by atoms with Crippen LogP contribution in [-0.4, -0.2) is 53.6 Å². The number of nitrogens with one attached hydrogen (secondary N) is 2. The fraction of sp³-hybridized carbons (Fsp3) is 0.600. The molecular weight excluding hydrogens is 405 g/mol. The van der Waals surface area contributed by atoms with E-state index in [-0.39, 0.29) is 34.7 Å². The number of benzene rings is 1. The zero-order chi connectivity index (χ0) is 18.7. The van der Waals surface area contributed by atoms with E-state index in [1.54, 1.807) is 6.92 Å². The maximum atomic E-state index is 14.2. The van der Waals surface area contributed by atoms with Gasteiger partial charge in [0.05, 0.1) is 16.3 Å². The van der Waals surface area contributed by atoms with Crippen LogP contribution in [0, 0.1) is 11.7 Å². The van der Waals surface area contributed by atoms with Crippen molar-refractivity contribution in [2.75, 3.05) is 37.2 Å². The molecule has 1 atom stereocenters. The van der Waals surface area contributed by atoms with E-state index in [4.69, 9.17) is 0 Å². The molecule has 0 bridgehead atoms. The smallest absolute Gasteiger partial charge is 0.243 e. The van der Waals surface area contributed by atoms with Crippen molar-refractivity contribution in [1.82, 2.24) is 9.62 Å². The van der Waals surface area contributed by atoms with Gasteiger partial charge in [-0.25, -0.2) is 21.2 Å². The van der Waals surface area contributed by atoms with E-state index in [0.29, 0.717) is 19.5 Å². The normalized spacial score (nSPS) is 18.5. The van der Waals surface area contributed by atoms with Gasteiger partial charge in [0.15, 0.2) is 0 Å². The molecule has 7 nitrogen and oxygen atoms in total. The van der Waals surface area contributed by atoms with Gasteiger partial charge in [-0.15, -0.1) is 12.4 Å². The number of hydrogen-bond donors (Lipinski definition) is 2. The first kappa shape index (κ1) is 23.1. The number of sulfonamides is 2.